The number of hydrogen-bond donors (Lipinski definition) is 1. The normalized spacial score (nSPS) is 16.1. The monoisotopic (exact) mass is 238 g/mol. The molecule has 5 heteroatoms. The van der Waals surface area contributed by atoms with E-state index in [4.69, 9.17) is 9.15 Å². The van der Waals surface area contributed by atoms with Gasteiger partial charge in [-0.15, -0.1) is 0 Å². The summed E-state index contributed by atoms with van der Waals surface area (Å²) >= 11 is 0. The predicted molar refractivity (Wildman–Crippen MR) is 62.4 cm³/mol. The summed E-state index contributed by atoms with van der Waals surface area (Å²) in [4.78, 5) is 13.6. The van der Waals surface area contributed by atoms with E-state index in [1.165, 1.54) is 0 Å². The van der Waals surface area contributed by atoms with Crippen molar-refractivity contribution in [3.63, 3.8) is 0 Å². The maximum Gasteiger partial charge on any atom is 0.224 e. The second kappa shape index (κ2) is 6.42. The van der Waals surface area contributed by atoms with Crippen LogP contribution in [0.5, 0.6) is 0 Å². The van der Waals surface area contributed by atoms with Crippen molar-refractivity contribution in [2.24, 2.45) is 0 Å². The van der Waals surface area contributed by atoms with Gasteiger partial charge in [0.1, 0.15) is 5.76 Å². The van der Waals surface area contributed by atoms with E-state index in [-0.39, 0.29) is 5.91 Å². The first-order valence-corrected chi connectivity index (χ1v) is 5.95. The zero-order valence-electron chi connectivity index (χ0n) is 9.85. The van der Waals surface area contributed by atoms with E-state index in [9.17, 15) is 4.79 Å². The molecule has 2 heterocycles. The number of ether oxygens (including phenoxy) is 1. The molecule has 1 N–H and O–H groups in total. The van der Waals surface area contributed by atoms with Crippen LogP contribution in [0.3, 0.4) is 0 Å². The standard InChI is InChI=1S/C12H18N2O3/c15-12(14-5-8-16-9-6-14)3-4-13-10-11-2-1-7-17-11/h1-2,7,13H,3-6,8-10H2. The minimum atomic E-state index is 0.195. The van der Waals surface area contributed by atoms with Crippen LogP contribution in [-0.4, -0.2) is 43.7 Å². The highest BCUT2D eigenvalue weighted by Gasteiger charge is 2.15. The second-order valence-electron chi connectivity index (χ2n) is 4.00. The molecule has 1 fully saturated rings. The van der Waals surface area contributed by atoms with Gasteiger partial charge in [0.2, 0.25) is 5.91 Å². The van der Waals surface area contributed by atoms with Gasteiger partial charge >= 0.3 is 0 Å². The third-order valence-corrected chi connectivity index (χ3v) is 2.76. The molecule has 0 radical (unpaired) electrons. The molecular weight excluding hydrogens is 220 g/mol. The Balaban J connectivity index is 1.59. The summed E-state index contributed by atoms with van der Waals surface area (Å²) in [5, 5.41) is 3.19. The first-order valence-electron chi connectivity index (χ1n) is 5.95. The molecule has 0 saturated carbocycles. The summed E-state index contributed by atoms with van der Waals surface area (Å²) in [6.45, 7) is 4.10. The van der Waals surface area contributed by atoms with Crippen molar-refractivity contribution < 1.29 is 13.9 Å². The molecule has 0 unspecified atom stereocenters. The van der Waals surface area contributed by atoms with E-state index in [1.807, 2.05) is 17.0 Å². The van der Waals surface area contributed by atoms with Gasteiger partial charge in [0.15, 0.2) is 0 Å². The molecule has 1 saturated heterocycles. The maximum absolute atomic E-state index is 11.8. The summed E-state index contributed by atoms with van der Waals surface area (Å²) in [5.74, 6) is 1.09. The van der Waals surface area contributed by atoms with Crippen molar-refractivity contribution in [2.45, 2.75) is 13.0 Å². The summed E-state index contributed by atoms with van der Waals surface area (Å²) in [7, 11) is 0. The Hall–Kier alpha value is -1.33. The molecule has 17 heavy (non-hydrogen) atoms. The lowest BCUT2D eigenvalue weighted by Gasteiger charge is -2.26. The minimum absolute atomic E-state index is 0.195. The molecule has 1 amide bonds. The van der Waals surface area contributed by atoms with Crippen LogP contribution in [-0.2, 0) is 16.1 Å². The second-order valence-corrected chi connectivity index (χ2v) is 4.00. The van der Waals surface area contributed by atoms with Crippen LogP contribution in [0.2, 0.25) is 0 Å². The number of furan rings is 1. The van der Waals surface area contributed by atoms with Crippen molar-refractivity contribution in [3.05, 3.63) is 24.2 Å². The van der Waals surface area contributed by atoms with Crippen LogP contribution in [0, 0.1) is 0 Å². The molecule has 0 spiro atoms. The number of nitrogens with zero attached hydrogens (tertiary/aromatic N) is 1. The van der Waals surface area contributed by atoms with E-state index in [1.54, 1.807) is 6.26 Å². The van der Waals surface area contributed by atoms with E-state index in [2.05, 4.69) is 5.32 Å². The summed E-state index contributed by atoms with van der Waals surface area (Å²) < 4.78 is 10.4. The molecule has 0 aliphatic carbocycles. The fraction of sp³-hybridized carbons (Fsp3) is 0.583. The Labute approximate surface area is 101 Å². The number of hydrogen-bond acceptors (Lipinski definition) is 4. The van der Waals surface area contributed by atoms with Gasteiger partial charge in [0.05, 0.1) is 26.0 Å². The number of nitrogens with one attached hydrogen (secondary N) is 1. The number of carbonyl (C=O) groups is 1. The van der Waals surface area contributed by atoms with Crippen molar-refractivity contribution in [2.75, 3.05) is 32.8 Å². The smallest absolute Gasteiger partial charge is 0.224 e. The van der Waals surface area contributed by atoms with Gasteiger partial charge in [0, 0.05) is 26.1 Å². The molecule has 0 atom stereocenters. The number of morpholine rings is 1. The first-order chi connectivity index (χ1) is 8.36. The van der Waals surface area contributed by atoms with E-state index >= 15 is 0 Å². The predicted octanol–water partition coefficient (Wildman–Crippen LogP) is 0.618. The van der Waals surface area contributed by atoms with Crippen molar-refractivity contribution in [1.29, 1.82) is 0 Å². The van der Waals surface area contributed by atoms with E-state index in [0.29, 0.717) is 32.7 Å². The molecule has 94 valence electrons. The van der Waals surface area contributed by atoms with E-state index < -0.39 is 0 Å². The van der Waals surface area contributed by atoms with Crippen LogP contribution in [0.25, 0.3) is 0 Å². The van der Waals surface area contributed by atoms with Gasteiger partial charge in [0.25, 0.3) is 0 Å². The average Bonchev–Trinajstić information content (AvgIpc) is 2.88. The molecule has 0 bridgehead atoms. The van der Waals surface area contributed by atoms with E-state index in [0.717, 1.165) is 18.8 Å². The lowest BCUT2D eigenvalue weighted by atomic mass is 10.3. The van der Waals surface area contributed by atoms with Gasteiger partial charge in [-0.1, -0.05) is 0 Å². The highest BCUT2D eigenvalue weighted by atomic mass is 16.5. The topological polar surface area (TPSA) is 54.7 Å². The lowest BCUT2D eigenvalue weighted by Crippen LogP contribution is -2.41. The molecule has 2 rings (SSSR count). The Morgan fingerprint density at radius 2 is 2.24 bits per heavy atom. The van der Waals surface area contributed by atoms with Crippen molar-refractivity contribution in [3.8, 4) is 0 Å². The summed E-state index contributed by atoms with van der Waals surface area (Å²) in [6, 6.07) is 3.77. The molecular formula is C12H18N2O3. The molecule has 1 aliphatic heterocycles. The maximum atomic E-state index is 11.8. The van der Waals surface area contributed by atoms with Crippen LogP contribution in [0.4, 0.5) is 0 Å². The minimum Gasteiger partial charge on any atom is -0.468 e. The van der Waals surface area contributed by atoms with Gasteiger partial charge in [-0.05, 0) is 12.1 Å². The molecule has 0 aromatic carbocycles. The van der Waals surface area contributed by atoms with Crippen LogP contribution in [0.15, 0.2) is 22.8 Å². The van der Waals surface area contributed by atoms with Crippen molar-refractivity contribution >= 4 is 5.91 Å². The Morgan fingerprint density at radius 1 is 1.41 bits per heavy atom. The Kier molecular flexibility index (Phi) is 4.58. The zero-order valence-corrected chi connectivity index (χ0v) is 9.85. The number of rotatable bonds is 5. The number of amides is 1. The third kappa shape index (κ3) is 3.87. The third-order valence-electron chi connectivity index (χ3n) is 2.76. The van der Waals surface area contributed by atoms with Crippen molar-refractivity contribution in [1.82, 2.24) is 10.2 Å². The highest BCUT2D eigenvalue weighted by molar-refractivity contribution is 5.76. The molecule has 1 aromatic rings. The summed E-state index contributed by atoms with van der Waals surface area (Å²) in [5.41, 5.74) is 0. The van der Waals surface area contributed by atoms with Crippen LogP contribution in [0.1, 0.15) is 12.2 Å². The lowest BCUT2D eigenvalue weighted by molar-refractivity contribution is -0.135. The van der Waals surface area contributed by atoms with Gasteiger partial charge < -0.3 is 19.4 Å². The molecule has 1 aliphatic rings. The zero-order chi connectivity index (χ0) is 11.9. The molecule has 1 aromatic heterocycles. The van der Waals surface area contributed by atoms with Gasteiger partial charge in [-0.2, -0.15) is 0 Å². The molecule has 5 nitrogen and oxygen atoms in total. The van der Waals surface area contributed by atoms with Crippen LogP contribution >= 0.6 is 0 Å². The average molecular weight is 238 g/mol. The van der Waals surface area contributed by atoms with Gasteiger partial charge in [-0.25, -0.2) is 0 Å². The fourth-order valence-electron chi connectivity index (χ4n) is 1.79. The number of carbonyl (C=O) groups excluding carboxylic acids is 1. The highest BCUT2D eigenvalue weighted by Crippen LogP contribution is 2.01. The first kappa shape index (κ1) is 12.1. The van der Waals surface area contributed by atoms with Gasteiger partial charge in [-0.3, -0.25) is 4.79 Å². The Bertz CT molecular complexity index is 332. The SMILES string of the molecule is O=C(CCNCc1ccco1)N1CCOCC1. The quantitative estimate of drug-likeness (QED) is 0.764. The fourth-order valence-corrected chi connectivity index (χ4v) is 1.79. The Morgan fingerprint density at radius 3 is 2.94 bits per heavy atom. The summed E-state index contributed by atoms with van der Waals surface area (Å²) in [6.07, 6.45) is 2.18. The largest absolute Gasteiger partial charge is 0.468 e. The van der Waals surface area contributed by atoms with Crippen LogP contribution < -0.4 is 5.32 Å².